The minimum absolute atomic E-state index is 0.0490. The molecule has 3 aromatic rings. The van der Waals surface area contributed by atoms with E-state index in [0.29, 0.717) is 11.3 Å². The van der Waals surface area contributed by atoms with E-state index in [0.717, 1.165) is 12.1 Å². The van der Waals surface area contributed by atoms with Crippen molar-refractivity contribution in [2.24, 2.45) is 0 Å². The molecule has 0 unspecified atom stereocenters. The van der Waals surface area contributed by atoms with Crippen molar-refractivity contribution in [2.45, 2.75) is 0 Å². The van der Waals surface area contributed by atoms with Crippen LogP contribution in [0.4, 0.5) is 26.0 Å². The molecule has 0 saturated carbocycles. The molecule has 1 heterocycles. The molecule has 7 nitrogen and oxygen atoms in total. The van der Waals surface area contributed by atoms with Crippen molar-refractivity contribution in [3.63, 3.8) is 0 Å². The third kappa shape index (κ3) is 4.44. The number of hydrogen-bond acceptors (Lipinski definition) is 6. The number of nitrogens with zero attached hydrogens (tertiary/aromatic N) is 2. The summed E-state index contributed by atoms with van der Waals surface area (Å²) in [5, 5.41) is 5.37. The number of anilines is 3. The fourth-order valence-corrected chi connectivity index (χ4v) is 2.23. The Hall–Kier alpha value is -3.88. The number of amides is 1. The Morgan fingerprint density at radius 1 is 0.929 bits per heavy atom. The number of esters is 1. The molecule has 0 atom stereocenters. The first-order chi connectivity index (χ1) is 13.5. The monoisotopic (exact) mass is 384 g/mol. The van der Waals surface area contributed by atoms with E-state index in [9.17, 15) is 18.4 Å². The Balaban J connectivity index is 1.64. The fraction of sp³-hybridized carbons (Fsp3) is 0.0526. The lowest BCUT2D eigenvalue weighted by Gasteiger charge is -2.07. The van der Waals surface area contributed by atoms with Crippen LogP contribution < -0.4 is 10.6 Å². The van der Waals surface area contributed by atoms with Crippen LogP contribution in [0, 0.1) is 11.6 Å². The van der Waals surface area contributed by atoms with E-state index in [2.05, 4.69) is 25.3 Å². The van der Waals surface area contributed by atoms with Crippen molar-refractivity contribution >= 4 is 29.1 Å². The minimum atomic E-state index is -0.993. The Labute approximate surface area is 158 Å². The fourth-order valence-electron chi connectivity index (χ4n) is 2.23. The molecule has 0 aliphatic rings. The molecule has 9 heteroatoms. The molecule has 0 saturated heterocycles. The van der Waals surface area contributed by atoms with Gasteiger partial charge in [0.2, 0.25) is 0 Å². The zero-order valence-corrected chi connectivity index (χ0v) is 14.6. The van der Waals surface area contributed by atoms with Crippen LogP contribution in [0.5, 0.6) is 0 Å². The SMILES string of the molecule is COC(=O)c1ccc(NC(=O)c2cnc(Nc3ccc(F)c(F)c3)cn2)cc1. The van der Waals surface area contributed by atoms with Gasteiger partial charge in [0.1, 0.15) is 11.5 Å². The summed E-state index contributed by atoms with van der Waals surface area (Å²) in [6.45, 7) is 0. The van der Waals surface area contributed by atoms with Crippen LogP contribution in [0.15, 0.2) is 54.9 Å². The highest BCUT2D eigenvalue weighted by atomic mass is 19.2. The molecular formula is C19H14F2N4O3. The van der Waals surface area contributed by atoms with E-state index < -0.39 is 23.5 Å². The van der Waals surface area contributed by atoms with Crippen molar-refractivity contribution in [3.8, 4) is 0 Å². The maximum Gasteiger partial charge on any atom is 0.337 e. The number of halogens is 2. The molecule has 0 radical (unpaired) electrons. The van der Waals surface area contributed by atoms with Crippen molar-refractivity contribution in [2.75, 3.05) is 17.7 Å². The first kappa shape index (κ1) is 18.9. The lowest BCUT2D eigenvalue weighted by atomic mass is 10.2. The number of ether oxygens (including phenoxy) is 1. The average Bonchev–Trinajstić information content (AvgIpc) is 2.71. The molecule has 142 valence electrons. The highest BCUT2D eigenvalue weighted by molar-refractivity contribution is 6.03. The van der Waals surface area contributed by atoms with E-state index in [1.54, 1.807) is 12.1 Å². The highest BCUT2D eigenvalue weighted by Crippen LogP contribution is 2.17. The normalized spacial score (nSPS) is 10.2. The van der Waals surface area contributed by atoms with Crippen molar-refractivity contribution in [1.29, 1.82) is 0 Å². The summed E-state index contributed by atoms with van der Waals surface area (Å²) in [5.41, 5.74) is 1.15. The molecule has 0 spiro atoms. The zero-order chi connectivity index (χ0) is 20.1. The maximum absolute atomic E-state index is 13.2. The lowest BCUT2D eigenvalue weighted by Crippen LogP contribution is -2.14. The van der Waals surface area contributed by atoms with Gasteiger partial charge in [0, 0.05) is 17.4 Å². The van der Waals surface area contributed by atoms with Crippen LogP contribution in [-0.4, -0.2) is 29.0 Å². The van der Waals surface area contributed by atoms with E-state index >= 15 is 0 Å². The van der Waals surface area contributed by atoms with E-state index in [4.69, 9.17) is 0 Å². The van der Waals surface area contributed by atoms with Crippen LogP contribution in [0.25, 0.3) is 0 Å². The largest absolute Gasteiger partial charge is 0.465 e. The van der Waals surface area contributed by atoms with Crippen LogP contribution in [0.1, 0.15) is 20.8 Å². The Kier molecular flexibility index (Phi) is 5.54. The highest BCUT2D eigenvalue weighted by Gasteiger charge is 2.10. The van der Waals surface area contributed by atoms with E-state index in [-0.39, 0.29) is 17.2 Å². The number of carbonyl (C=O) groups excluding carboxylic acids is 2. The number of carbonyl (C=O) groups is 2. The van der Waals surface area contributed by atoms with Gasteiger partial charge in [-0.1, -0.05) is 0 Å². The number of methoxy groups -OCH3 is 1. The number of nitrogens with one attached hydrogen (secondary N) is 2. The minimum Gasteiger partial charge on any atom is -0.465 e. The van der Waals surface area contributed by atoms with Gasteiger partial charge in [0.15, 0.2) is 11.6 Å². The van der Waals surface area contributed by atoms with Gasteiger partial charge in [-0.3, -0.25) is 4.79 Å². The van der Waals surface area contributed by atoms with Gasteiger partial charge < -0.3 is 15.4 Å². The van der Waals surface area contributed by atoms with Crippen molar-refractivity contribution in [1.82, 2.24) is 9.97 Å². The predicted molar refractivity (Wildman–Crippen MR) is 97.4 cm³/mol. The first-order valence-electron chi connectivity index (χ1n) is 8.00. The summed E-state index contributed by atoms with van der Waals surface area (Å²) >= 11 is 0. The molecule has 2 N–H and O–H groups in total. The van der Waals surface area contributed by atoms with Crippen LogP contribution in [-0.2, 0) is 4.74 Å². The molecule has 0 bridgehead atoms. The Morgan fingerprint density at radius 2 is 1.64 bits per heavy atom. The van der Waals surface area contributed by atoms with Gasteiger partial charge in [-0.05, 0) is 36.4 Å². The topological polar surface area (TPSA) is 93.2 Å². The van der Waals surface area contributed by atoms with Gasteiger partial charge in [0.05, 0.1) is 25.1 Å². The molecule has 0 aliphatic carbocycles. The molecule has 0 aliphatic heterocycles. The van der Waals surface area contributed by atoms with Crippen molar-refractivity contribution in [3.05, 3.63) is 77.8 Å². The maximum atomic E-state index is 13.2. The first-order valence-corrected chi connectivity index (χ1v) is 8.00. The predicted octanol–water partition coefficient (Wildman–Crippen LogP) is 3.54. The number of aromatic nitrogens is 2. The second kappa shape index (κ2) is 8.21. The number of hydrogen-bond donors (Lipinski definition) is 2. The van der Waals surface area contributed by atoms with Gasteiger partial charge >= 0.3 is 5.97 Å². The standard InChI is InChI=1S/C19H14F2N4O3/c1-28-19(27)11-2-4-12(5-3-11)25-18(26)16-9-23-17(10-22-16)24-13-6-7-14(20)15(21)8-13/h2-10H,1H3,(H,23,24)(H,25,26). The summed E-state index contributed by atoms with van der Waals surface area (Å²) < 4.78 is 30.8. The molecule has 1 aromatic heterocycles. The van der Waals surface area contributed by atoms with Gasteiger partial charge in [-0.15, -0.1) is 0 Å². The average molecular weight is 384 g/mol. The second-order valence-electron chi connectivity index (χ2n) is 5.56. The second-order valence-corrected chi connectivity index (χ2v) is 5.56. The van der Waals surface area contributed by atoms with Gasteiger partial charge in [-0.2, -0.15) is 0 Å². The van der Waals surface area contributed by atoms with Crippen LogP contribution >= 0.6 is 0 Å². The molecule has 2 aromatic carbocycles. The van der Waals surface area contributed by atoms with Crippen molar-refractivity contribution < 1.29 is 23.1 Å². The third-order valence-corrected chi connectivity index (χ3v) is 3.64. The molecule has 0 fully saturated rings. The summed E-state index contributed by atoms with van der Waals surface area (Å²) in [5.74, 6) is -2.68. The molecule has 1 amide bonds. The zero-order valence-electron chi connectivity index (χ0n) is 14.6. The van der Waals surface area contributed by atoms with Gasteiger partial charge in [0.25, 0.3) is 5.91 Å². The molecule has 28 heavy (non-hydrogen) atoms. The lowest BCUT2D eigenvalue weighted by molar-refractivity contribution is 0.0600. The van der Waals surface area contributed by atoms with Crippen LogP contribution in [0.2, 0.25) is 0 Å². The summed E-state index contributed by atoms with van der Waals surface area (Å²) in [6.07, 6.45) is 2.52. The molecular weight excluding hydrogens is 370 g/mol. The molecule has 3 rings (SSSR count). The summed E-state index contributed by atoms with van der Waals surface area (Å²) in [4.78, 5) is 31.6. The number of benzene rings is 2. The van der Waals surface area contributed by atoms with Gasteiger partial charge in [-0.25, -0.2) is 23.5 Å². The Bertz CT molecular complexity index is 1010. The third-order valence-electron chi connectivity index (χ3n) is 3.64. The van der Waals surface area contributed by atoms with E-state index in [1.165, 1.54) is 37.7 Å². The van der Waals surface area contributed by atoms with E-state index in [1.807, 2.05) is 0 Å². The Morgan fingerprint density at radius 3 is 2.25 bits per heavy atom. The summed E-state index contributed by atoms with van der Waals surface area (Å²) in [7, 11) is 1.28. The quantitative estimate of drug-likeness (QED) is 0.654. The van der Waals surface area contributed by atoms with Crippen LogP contribution in [0.3, 0.4) is 0 Å². The number of rotatable bonds is 5. The smallest absolute Gasteiger partial charge is 0.337 e. The summed E-state index contributed by atoms with van der Waals surface area (Å²) in [6, 6.07) is 9.45.